The summed E-state index contributed by atoms with van der Waals surface area (Å²) in [4.78, 5) is 24.5. The van der Waals surface area contributed by atoms with Gasteiger partial charge in [-0.15, -0.1) is 0 Å². The third-order valence-corrected chi connectivity index (χ3v) is 7.35. The number of hydrogen-bond acceptors (Lipinski definition) is 5. The molecule has 0 saturated carbocycles. The topological polar surface area (TPSA) is 86.8 Å². The number of rotatable bonds is 6. The van der Waals surface area contributed by atoms with Gasteiger partial charge in [0, 0.05) is 35.5 Å². The molecule has 8 heteroatoms. The summed E-state index contributed by atoms with van der Waals surface area (Å²) in [5.41, 5.74) is 6.28. The van der Waals surface area contributed by atoms with Gasteiger partial charge in [-0.05, 0) is 97.6 Å². The normalized spacial score (nSPS) is 14.5. The molecular weight excluding hydrogens is 491 g/mol. The lowest BCUT2D eigenvalue weighted by molar-refractivity contribution is 0.102. The minimum atomic E-state index is -0.332. The van der Waals surface area contributed by atoms with Crippen LogP contribution in [0.2, 0.25) is 0 Å². The zero-order chi connectivity index (χ0) is 26.8. The van der Waals surface area contributed by atoms with Gasteiger partial charge in [-0.2, -0.15) is 5.10 Å². The van der Waals surface area contributed by atoms with Crippen LogP contribution in [0, 0.1) is 11.7 Å². The molecule has 0 spiro atoms. The molecule has 0 aliphatic carbocycles. The molecule has 3 aromatic heterocycles. The average Bonchev–Trinajstić information content (AvgIpc) is 3.39. The van der Waals surface area contributed by atoms with E-state index in [-0.39, 0.29) is 11.7 Å². The van der Waals surface area contributed by atoms with E-state index in [1.807, 2.05) is 30.6 Å². The van der Waals surface area contributed by atoms with Crippen molar-refractivity contribution in [3.8, 4) is 22.4 Å². The third-order valence-electron chi connectivity index (χ3n) is 7.35. The van der Waals surface area contributed by atoms with Gasteiger partial charge in [0.25, 0.3) is 5.91 Å². The van der Waals surface area contributed by atoms with Crippen molar-refractivity contribution in [2.24, 2.45) is 5.92 Å². The summed E-state index contributed by atoms with van der Waals surface area (Å²) >= 11 is 0. The lowest BCUT2D eigenvalue weighted by atomic mass is 9.98. The fourth-order valence-corrected chi connectivity index (χ4v) is 5.03. The summed E-state index contributed by atoms with van der Waals surface area (Å²) in [6, 6.07) is 17.8. The first-order valence-corrected chi connectivity index (χ1v) is 13.2. The second-order valence-corrected chi connectivity index (χ2v) is 10.3. The van der Waals surface area contributed by atoms with Gasteiger partial charge in [-0.25, -0.2) is 4.39 Å². The summed E-state index contributed by atoms with van der Waals surface area (Å²) < 4.78 is 13.2. The number of carbonyl (C=O) groups is 1. The van der Waals surface area contributed by atoms with Crippen LogP contribution in [-0.4, -0.2) is 44.1 Å². The van der Waals surface area contributed by atoms with Crippen molar-refractivity contribution in [2.45, 2.75) is 26.3 Å². The molecule has 1 amide bonds. The number of carbonyl (C=O) groups excluding carboxylic acids is 1. The highest BCUT2D eigenvalue weighted by atomic mass is 19.1. The summed E-state index contributed by atoms with van der Waals surface area (Å²) in [6.07, 6.45) is 7.85. The van der Waals surface area contributed by atoms with Gasteiger partial charge in [0.1, 0.15) is 5.82 Å². The molecule has 39 heavy (non-hydrogen) atoms. The van der Waals surface area contributed by atoms with Gasteiger partial charge in [0.2, 0.25) is 0 Å². The number of nitrogens with zero attached hydrogens (tertiary/aromatic N) is 4. The largest absolute Gasteiger partial charge is 0.319 e. The number of likely N-dealkylation sites (tertiary alicyclic amines) is 1. The van der Waals surface area contributed by atoms with Gasteiger partial charge in [0.05, 0.1) is 23.1 Å². The van der Waals surface area contributed by atoms with E-state index in [0.717, 1.165) is 53.1 Å². The van der Waals surface area contributed by atoms with Crippen molar-refractivity contribution in [1.82, 2.24) is 25.1 Å². The van der Waals surface area contributed by atoms with Crippen LogP contribution >= 0.6 is 0 Å². The number of nitrogens with one attached hydrogen (secondary N) is 2. The Bertz CT molecular complexity index is 1610. The second kappa shape index (κ2) is 10.7. The summed E-state index contributed by atoms with van der Waals surface area (Å²) in [7, 11) is 0. The molecule has 1 aliphatic heterocycles. The predicted octanol–water partition coefficient (Wildman–Crippen LogP) is 6.31. The number of amides is 1. The van der Waals surface area contributed by atoms with Crippen molar-refractivity contribution < 1.29 is 9.18 Å². The number of H-pyrrole nitrogens is 1. The van der Waals surface area contributed by atoms with Crippen LogP contribution in [0.25, 0.3) is 33.3 Å². The first kappa shape index (κ1) is 24.9. The van der Waals surface area contributed by atoms with E-state index in [0.29, 0.717) is 17.1 Å². The van der Waals surface area contributed by atoms with E-state index < -0.39 is 0 Å². The number of pyridine rings is 2. The molecule has 7 nitrogen and oxygen atoms in total. The monoisotopic (exact) mass is 520 g/mol. The highest BCUT2D eigenvalue weighted by Crippen LogP contribution is 2.27. The van der Waals surface area contributed by atoms with Gasteiger partial charge in [-0.3, -0.25) is 24.8 Å². The van der Waals surface area contributed by atoms with Crippen LogP contribution in [0.4, 0.5) is 10.1 Å². The standard InChI is InChI=1S/C31H29FN6O/c1-20-10-12-38(13-11-20)19-21-14-24(17-33-16-21)23-4-8-29-27(15-23)30(37-36-29)31(39)35-26-7-9-28(34-18-26)22-2-5-25(32)6-3-22/h2-9,14-18,20H,10-13,19H2,1H3,(H,35,39)(H,36,37). The number of aromatic amines is 1. The first-order valence-electron chi connectivity index (χ1n) is 13.2. The maximum Gasteiger partial charge on any atom is 0.276 e. The first-order chi connectivity index (χ1) is 19.0. The number of aromatic nitrogens is 4. The Morgan fingerprint density at radius 3 is 2.54 bits per heavy atom. The Labute approximate surface area is 226 Å². The number of fused-ring (bicyclic) bond motifs is 1. The average molecular weight is 521 g/mol. The van der Waals surface area contributed by atoms with Crippen LogP contribution in [0.1, 0.15) is 35.8 Å². The van der Waals surface area contributed by atoms with Crippen molar-refractivity contribution in [3.05, 3.63) is 96.3 Å². The lowest BCUT2D eigenvalue weighted by Gasteiger charge is -2.30. The van der Waals surface area contributed by atoms with E-state index in [1.165, 1.54) is 30.5 Å². The lowest BCUT2D eigenvalue weighted by Crippen LogP contribution is -2.32. The van der Waals surface area contributed by atoms with Crippen molar-refractivity contribution in [2.75, 3.05) is 18.4 Å². The zero-order valence-electron chi connectivity index (χ0n) is 21.7. The summed E-state index contributed by atoms with van der Waals surface area (Å²) in [6.45, 7) is 5.45. The highest BCUT2D eigenvalue weighted by Gasteiger charge is 2.18. The minimum Gasteiger partial charge on any atom is -0.319 e. The SMILES string of the molecule is CC1CCN(Cc2cncc(-c3ccc4[nH]nc(C(=O)Nc5ccc(-c6ccc(F)cc6)nc5)c4c3)c2)CC1. The number of benzene rings is 2. The molecule has 6 rings (SSSR count). The Morgan fingerprint density at radius 1 is 0.974 bits per heavy atom. The molecule has 2 N–H and O–H groups in total. The van der Waals surface area contributed by atoms with Gasteiger partial charge in [0.15, 0.2) is 5.69 Å². The Hall–Kier alpha value is -4.43. The smallest absolute Gasteiger partial charge is 0.276 e. The Kier molecular flexibility index (Phi) is 6.85. The molecule has 5 aromatic rings. The predicted molar refractivity (Wildman–Crippen MR) is 151 cm³/mol. The molecule has 1 saturated heterocycles. The zero-order valence-corrected chi connectivity index (χ0v) is 21.7. The molecule has 196 valence electrons. The molecule has 0 atom stereocenters. The summed E-state index contributed by atoms with van der Waals surface area (Å²) in [5, 5.41) is 10.9. The minimum absolute atomic E-state index is 0.298. The molecular formula is C31H29FN6O. The number of hydrogen-bond donors (Lipinski definition) is 2. The highest BCUT2D eigenvalue weighted by molar-refractivity contribution is 6.11. The van der Waals surface area contributed by atoms with Crippen molar-refractivity contribution >= 4 is 22.5 Å². The molecule has 0 unspecified atom stereocenters. The van der Waals surface area contributed by atoms with E-state index in [9.17, 15) is 9.18 Å². The van der Waals surface area contributed by atoms with E-state index >= 15 is 0 Å². The van der Waals surface area contributed by atoms with Crippen LogP contribution in [0.5, 0.6) is 0 Å². The summed E-state index contributed by atoms with van der Waals surface area (Å²) in [5.74, 6) is 0.171. The molecule has 2 aromatic carbocycles. The second-order valence-electron chi connectivity index (χ2n) is 10.3. The maximum atomic E-state index is 13.2. The maximum absolute atomic E-state index is 13.2. The van der Waals surface area contributed by atoms with Gasteiger partial charge < -0.3 is 5.32 Å². The molecule has 1 aliphatic rings. The van der Waals surface area contributed by atoms with E-state index in [4.69, 9.17) is 0 Å². The van der Waals surface area contributed by atoms with Crippen LogP contribution < -0.4 is 5.32 Å². The quantitative estimate of drug-likeness (QED) is 0.274. The van der Waals surface area contributed by atoms with Crippen molar-refractivity contribution in [3.63, 3.8) is 0 Å². The van der Waals surface area contributed by atoms with Gasteiger partial charge in [-0.1, -0.05) is 13.0 Å². The van der Waals surface area contributed by atoms with Crippen LogP contribution in [0.3, 0.4) is 0 Å². The molecule has 4 heterocycles. The van der Waals surface area contributed by atoms with E-state index in [1.54, 1.807) is 30.5 Å². The van der Waals surface area contributed by atoms with Gasteiger partial charge >= 0.3 is 0 Å². The number of halogens is 1. The number of piperidine rings is 1. The Balaban J connectivity index is 1.19. The van der Waals surface area contributed by atoms with Crippen LogP contribution in [0.15, 0.2) is 79.3 Å². The fraction of sp³-hybridized carbons (Fsp3) is 0.226. The Morgan fingerprint density at radius 2 is 1.77 bits per heavy atom. The molecule has 0 bridgehead atoms. The number of anilines is 1. The molecule has 1 fully saturated rings. The molecule has 0 radical (unpaired) electrons. The third kappa shape index (κ3) is 5.56. The van der Waals surface area contributed by atoms with E-state index in [2.05, 4.69) is 43.4 Å². The fourth-order valence-electron chi connectivity index (χ4n) is 5.03. The van der Waals surface area contributed by atoms with Crippen molar-refractivity contribution in [1.29, 1.82) is 0 Å². The van der Waals surface area contributed by atoms with Crippen LogP contribution in [-0.2, 0) is 6.54 Å².